The number of imide groups is 1. The lowest BCUT2D eigenvalue weighted by atomic mass is 9.76. The van der Waals surface area contributed by atoms with Gasteiger partial charge in [0.25, 0.3) is 0 Å². The lowest BCUT2D eigenvalue weighted by molar-refractivity contribution is -0.154. The molecule has 9 heteroatoms. The molecule has 0 unspecified atom stereocenters. The third kappa shape index (κ3) is 3.08. The molecule has 3 fully saturated rings. The van der Waals surface area contributed by atoms with Crippen LogP contribution in [0.5, 0.6) is 0 Å². The van der Waals surface area contributed by atoms with E-state index < -0.39 is 47.1 Å². The van der Waals surface area contributed by atoms with Crippen LogP contribution in [0, 0.1) is 11.8 Å². The quantitative estimate of drug-likeness (QED) is 0.545. The van der Waals surface area contributed by atoms with Gasteiger partial charge in [-0.15, -0.1) is 0 Å². The predicted octanol–water partition coefficient (Wildman–Crippen LogP) is 1.93. The van der Waals surface area contributed by atoms with Gasteiger partial charge in [0.2, 0.25) is 17.7 Å². The van der Waals surface area contributed by atoms with E-state index in [9.17, 15) is 19.2 Å². The number of hydrogen-bond acceptors (Lipinski definition) is 6. The van der Waals surface area contributed by atoms with Gasteiger partial charge in [-0.25, -0.2) is 4.90 Å². The second-order valence-corrected chi connectivity index (χ2v) is 8.91. The van der Waals surface area contributed by atoms with Crippen LogP contribution in [0.3, 0.4) is 0 Å². The summed E-state index contributed by atoms with van der Waals surface area (Å²) in [7, 11) is 1.24. The summed E-state index contributed by atoms with van der Waals surface area (Å²) in [6.07, 6.45) is -0.326. The maximum Gasteiger partial charge on any atom is 0.307 e. The lowest BCUT2D eigenvalue weighted by Crippen LogP contribution is -2.67. The highest BCUT2D eigenvalue weighted by Crippen LogP contribution is 2.57. The van der Waals surface area contributed by atoms with E-state index in [2.05, 4.69) is 5.32 Å². The molecular weight excluding hydrogens is 446 g/mol. The van der Waals surface area contributed by atoms with Crippen LogP contribution in [0.4, 0.5) is 5.69 Å². The van der Waals surface area contributed by atoms with E-state index in [1.54, 1.807) is 24.3 Å². The number of rotatable bonds is 4. The highest BCUT2D eigenvalue weighted by atomic mass is 35.5. The van der Waals surface area contributed by atoms with Gasteiger partial charge in [0.05, 0.1) is 31.1 Å². The first kappa shape index (κ1) is 21.6. The van der Waals surface area contributed by atoms with Crippen molar-refractivity contribution in [2.45, 2.75) is 18.0 Å². The summed E-state index contributed by atoms with van der Waals surface area (Å²) >= 11 is 6.00. The van der Waals surface area contributed by atoms with Crippen molar-refractivity contribution in [3.8, 4) is 0 Å². The Morgan fingerprint density at radius 1 is 1.09 bits per heavy atom. The van der Waals surface area contributed by atoms with Crippen molar-refractivity contribution in [3.05, 3.63) is 65.2 Å². The number of benzene rings is 2. The molecule has 3 amide bonds. The molecule has 0 saturated carbocycles. The Labute approximate surface area is 195 Å². The SMILES string of the molecule is COC(=O)C[C@]12C(=O)NCCN1[C@H](c1ccccc1)[C@H]1C(=O)N(c3ccc(Cl)cc3)C(=O)[C@@H]12. The Hall–Kier alpha value is -3.23. The normalized spacial score (nSPS) is 29.0. The third-order valence-corrected chi connectivity index (χ3v) is 7.20. The first-order valence-corrected chi connectivity index (χ1v) is 11.1. The van der Waals surface area contributed by atoms with E-state index in [1.165, 1.54) is 7.11 Å². The standard InChI is InChI=1S/C24H22ClN3O5/c1-33-17(29)13-24-19-18(21(30)28(22(19)31)16-9-7-15(25)8-10-16)20(14-5-3-2-4-6-14)27(24)12-11-26-23(24)32/h2-10,18-20H,11-13H2,1H3,(H,26,32)/t18-,19+,20+,24-/m0/s1. The lowest BCUT2D eigenvalue weighted by Gasteiger charge is -2.45. The van der Waals surface area contributed by atoms with Crippen LogP contribution in [0.2, 0.25) is 5.02 Å². The number of hydrogen-bond donors (Lipinski definition) is 1. The zero-order valence-corrected chi connectivity index (χ0v) is 18.6. The zero-order valence-electron chi connectivity index (χ0n) is 17.9. The summed E-state index contributed by atoms with van der Waals surface area (Å²) in [5, 5.41) is 3.29. The summed E-state index contributed by atoms with van der Waals surface area (Å²) in [6, 6.07) is 15.2. The van der Waals surface area contributed by atoms with Crippen LogP contribution in [0.1, 0.15) is 18.0 Å². The van der Waals surface area contributed by atoms with Gasteiger partial charge in [0, 0.05) is 24.2 Å². The third-order valence-electron chi connectivity index (χ3n) is 6.95. The van der Waals surface area contributed by atoms with E-state index in [0.29, 0.717) is 23.8 Å². The van der Waals surface area contributed by atoms with Gasteiger partial charge in [-0.1, -0.05) is 41.9 Å². The van der Waals surface area contributed by atoms with E-state index >= 15 is 0 Å². The molecule has 5 rings (SSSR count). The predicted molar refractivity (Wildman–Crippen MR) is 119 cm³/mol. The first-order chi connectivity index (χ1) is 15.9. The van der Waals surface area contributed by atoms with Gasteiger partial charge in [-0.05, 0) is 29.8 Å². The van der Waals surface area contributed by atoms with Crippen molar-refractivity contribution in [3.63, 3.8) is 0 Å². The Bertz CT molecular complexity index is 1140. The molecule has 2 aromatic carbocycles. The minimum Gasteiger partial charge on any atom is -0.469 e. The van der Waals surface area contributed by atoms with Crippen molar-refractivity contribution in [2.75, 3.05) is 25.1 Å². The molecule has 3 aliphatic heterocycles. The highest BCUT2D eigenvalue weighted by molar-refractivity contribution is 6.31. The minimum absolute atomic E-state index is 0.326. The number of nitrogens with one attached hydrogen (secondary N) is 1. The number of piperazine rings is 1. The second kappa shape index (κ2) is 7.97. The van der Waals surface area contributed by atoms with Gasteiger partial charge >= 0.3 is 5.97 Å². The fourth-order valence-corrected chi connectivity index (χ4v) is 5.78. The second-order valence-electron chi connectivity index (χ2n) is 8.47. The van der Waals surface area contributed by atoms with E-state index in [4.69, 9.17) is 16.3 Å². The van der Waals surface area contributed by atoms with Crippen LogP contribution in [-0.2, 0) is 23.9 Å². The number of esters is 1. The fraction of sp³-hybridized carbons (Fsp3) is 0.333. The smallest absolute Gasteiger partial charge is 0.307 e. The number of methoxy groups -OCH3 is 1. The summed E-state index contributed by atoms with van der Waals surface area (Å²) in [5.74, 6) is -3.82. The maximum atomic E-state index is 13.8. The van der Waals surface area contributed by atoms with Crippen LogP contribution < -0.4 is 10.2 Å². The van der Waals surface area contributed by atoms with Gasteiger partial charge in [0.1, 0.15) is 5.54 Å². The topological polar surface area (TPSA) is 96.0 Å². The molecule has 3 aliphatic rings. The van der Waals surface area contributed by atoms with Crippen LogP contribution in [0.15, 0.2) is 54.6 Å². The molecule has 2 aromatic rings. The molecule has 8 nitrogen and oxygen atoms in total. The van der Waals surface area contributed by atoms with Crippen LogP contribution in [-0.4, -0.2) is 54.3 Å². The largest absolute Gasteiger partial charge is 0.469 e. The van der Waals surface area contributed by atoms with Crippen molar-refractivity contribution in [1.29, 1.82) is 0 Å². The number of amides is 3. The number of halogens is 1. The summed E-state index contributed by atoms with van der Waals surface area (Å²) in [4.78, 5) is 56.6. The number of fused-ring (bicyclic) bond motifs is 3. The van der Waals surface area contributed by atoms with Gasteiger partial charge in [0.15, 0.2) is 0 Å². The van der Waals surface area contributed by atoms with E-state index in [1.807, 2.05) is 35.2 Å². The van der Waals surface area contributed by atoms with Crippen molar-refractivity contribution in [2.24, 2.45) is 11.8 Å². The average Bonchev–Trinajstić information content (AvgIpc) is 3.26. The Kier molecular flexibility index (Phi) is 5.22. The summed E-state index contributed by atoms with van der Waals surface area (Å²) in [6.45, 7) is 0.755. The number of ether oxygens (including phenoxy) is 1. The monoisotopic (exact) mass is 467 g/mol. The molecular formula is C24H22ClN3O5. The molecule has 0 aliphatic carbocycles. The number of carbonyl (C=O) groups excluding carboxylic acids is 4. The Morgan fingerprint density at radius 3 is 2.45 bits per heavy atom. The molecule has 170 valence electrons. The van der Waals surface area contributed by atoms with Crippen molar-refractivity contribution >= 4 is 41.0 Å². The number of carbonyl (C=O) groups is 4. The molecule has 0 bridgehead atoms. The van der Waals surface area contributed by atoms with E-state index in [-0.39, 0.29) is 6.42 Å². The minimum atomic E-state index is -1.52. The molecule has 4 atom stereocenters. The molecule has 0 aromatic heterocycles. The Morgan fingerprint density at radius 2 is 1.79 bits per heavy atom. The van der Waals surface area contributed by atoms with Crippen LogP contribution >= 0.6 is 11.6 Å². The number of anilines is 1. The van der Waals surface area contributed by atoms with Gasteiger partial charge in [-0.3, -0.25) is 24.1 Å². The molecule has 3 heterocycles. The first-order valence-electron chi connectivity index (χ1n) is 10.7. The van der Waals surface area contributed by atoms with Gasteiger partial charge in [-0.2, -0.15) is 0 Å². The summed E-state index contributed by atoms with van der Waals surface area (Å²) in [5.41, 5.74) is -0.329. The van der Waals surface area contributed by atoms with Crippen molar-refractivity contribution < 1.29 is 23.9 Å². The van der Waals surface area contributed by atoms with E-state index in [0.717, 1.165) is 10.5 Å². The summed E-state index contributed by atoms with van der Waals surface area (Å²) < 4.78 is 4.91. The highest BCUT2D eigenvalue weighted by Gasteiger charge is 2.73. The molecule has 33 heavy (non-hydrogen) atoms. The maximum absolute atomic E-state index is 13.8. The molecule has 1 N–H and O–H groups in total. The number of nitrogens with zero attached hydrogens (tertiary/aromatic N) is 2. The Balaban J connectivity index is 1.70. The van der Waals surface area contributed by atoms with Crippen molar-refractivity contribution in [1.82, 2.24) is 10.2 Å². The molecule has 0 spiro atoms. The van der Waals surface area contributed by atoms with Gasteiger partial charge < -0.3 is 10.1 Å². The zero-order chi connectivity index (χ0) is 23.3. The van der Waals surface area contributed by atoms with Crippen LogP contribution in [0.25, 0.3) is 0 Å². The molecule has 3 saturated heterocycles. The fourth-order valence-electron chi connectivity index (χ4n) is 5.65. The molecule has 0 radical (unpaired) electrons. The average molecular weight is 468 g/mol.